The predicted molar refractivity (Wildman–Crippen MR) is 86.9 cm³/mol. The lowest BCUT2D eigenvalue weighted by molar-refractivity contribution is 0.155. The second kappa shape index (κ2) is 5.00. The van der Waals surface area contributed by atoms with E-state index in [0.29, 0.717) is 0 Å². The van der Waals surface area contributed by atoms with Crippen LogP contribution in [0.3, 0.4) is 0 Å². The maximum absolute atomic E-state index is 5.52. The molecule has 4 rings (SSSR count). The summed E-state index contributed by atoms with van der Waals surface area (Å²) in [5.74, 6) is 0. The molecular weight excluding hydrogens is 329 g/mol. The Morgan fingerprint density at radius 3 is 2.24 bits per heavy atom. The van der Waals surface area contributed by atoms with Crippen molar-refractivity contribution in [3.05, 3.63) is 26.8 Å². The van der Waals surface area contributed by atoms with Gasteiger partial charge in [0.2, 0.25) is 0 Å². The molecule has 0 fully saturated rings. The molecule has 17 heavy (non-hydrogen) atoms. The van der Waals surface area contributed by atoms with Crippen LogP contribution in [-0.2, 0) is 4.74 Å². The Kier molecular flexibility index (Phi) is 3.54. The second-order valence-electron chi connectivity index (χ2n) is 3.61. The van der Waals surface area contributed by atoms with E-state index in [0.717, 1.165) is 19.6 Å². The third kappa shape index (κ3) is 2.26. The Bertz CT molecular complexity index is 439. The quantitative estimate of drug-likeness (QED) is 0.588. The minimum absolute atomic E-state index is 0.829. The average molecular weight is 337 g/mol. The minimum atomic E-state index is 0.829. The molecule has 4 aliphatic rings. The van der Waals surface area contributed by atoms with Gasteiger partial charge in [-0.15, -0.1) is 23.5 Å². The van der Waals surface area contributed by atoms with Gasteiger partial charge >= 0.3 is 0 Å². The van der Waals surface area contributed by atoms with Crippen LogP contribution in [-0.4, -0.2) is 18.3 Å². The normalized spacial score (nSPS) is 28.2. The van der Waals surface area contributed by atoms with Crippen molar-refractivity contribution in [1.82, 2.24) is 0 Å². The lowest BCUT2D eigenvalue weighted by Crippen LogP contribution is -2.04. The van der Waals surface area contributed by atoms with Crippen LogP contribution in [0.4, 0.5) is 0 Å². The van der Waals surface area contributed by atoms with E-state index in [1.165, 1.54) is 26.9 Å². The van der Waals surface area contributed by atoms with Crippen molar-refractivity contribution in [3.63, 3.8) is 0 Å². The summed E-state index contributed by atoms with van der Waals surface area (Å²) in [7, 11) is 0. The molecule has 0 radical (unpaired) electrons. The van der Waals surface area contributed by atoms with Crippen LogP contribution in [0, 0.1) is 0 Å². The van der Waals surface area contributed by atoms with Crippen molar-refractivity contribution in [3.8, 4) is 0 Å². The van der Waals surface area contributed by atoms with Gasteiger partial charge in [0.05, 0.1) is 30.2 Å². The van der Waals surface area contributed by atoms with Crippen LogP contribution < -0.4 is 0 Å². The van der Waals surface area contributed by atoms with Crippen molar-refractivity contribution in [2.24, 2.45) is 0 Å². The fourth-order valence-corrected chi connectivity index (χ4v) is 11.1. The molecule has 0 amide bonds. The maximum Gasteiger partial charge on any atom is 0.0787 e. The summed E-state index contributed by atoms with van der Waals surface area (Å²) in [5, 5.41) is 1.20. The van der Waals surface area contributed by atoms with Gasteiger partial charge in [-0.05, 0) is 0 Å². The third-order valence-corrected chi connectivity index (χ3v) is 11.4. The summed E-state index contributed by atoms with van der Waals surface area (Å²) in [6, 6.07) is 0. The Morgan fingerprint density at radius 2 is 1.47 bits per heavy atom. The van der Waals surface area contributed by atoms with E-state index < -0.39 is 0 Å². The molecule has 0 aromatic heterocycles. The first-order valence-electron chi connectivity index (χ1n) is 5.15. The molecule has 0 aromatic carbocycles. The number of thioether (sulfide) groups is 6. The fourth-order valence-electron chi connectivity index (χ4n) is 1.74. The van der Waals surface area contributed by atoms with Gasteiger partial charge in [-0.25, -0.2) is 0 Å². The molecule has 0 saturated heterocycles. The van der Waals surface area contributed by atoms with Crippen LogP contribution in [0.2, 0.25) is 0 Å². The van der Waals surface area contributed by atoms with Gasteiger partial charge in [-0.2, -0.15) is 0 Å². The number of hydrogen-bond acceptors (Lipinski definition) is 7. The first kappa shape index (κ1) is 12.1. The lowest BCUT2D eigenvalue weighted by Gasteiger charge is -2.11. The van der Waals surface area contributed by atoms with Crippen molar-refractivity contribution in [2.45, 2.75) is 6.42 Å². The highest BCUT2D eigenvalue weighted by Crippen LogP contribution is 2.66. The van der Waals surface area contributed by atoms with Crippen LogP contribution in [0.15, 0.2) is 26.8 Å². The molecule has 0 N–H and O–H groups in total. The highest BCUT2D eigenvalue weighted by molar-refractivity contribution is 8.46. The predicted octanol–water partition coefficient (Wildman–Crippen LogP) is 5.27. The van der Waals surface area contributed by atoms with Crippen LogP contribution in [0.5, 0.6) is 0 Å². The summed E-state index contributed by atoms with van der Waals surface area (Å²) in [5.41, 5.74) is 0. The molecule has 4 heterocycles. The Hall–Kier alpha value is 1.28. The summed E-state index contributed by atoms with van der Waals surface area (Å²) in [6.07, 6.45) is 1.11. The maximum atomic E-state index is 5.52. The highest BCUT2D eigenvalue weighted by atomic mass is 32.3. The molecule has 0 aliphatic carbocycles. The molecule has 0 saturated carbocycles. The summed E-state index contributed by atoms with van der Waals surface area (Å²) in [6.45, 7) is 1.73. The van der Waals surface area contributed by atoms with E-state index in [-0.39, 0.29) is 0 Å². The Labute approximate surface area is 126 Å². The van der Waals surface area contributed by atoms with Crippen LogP contribution in [0.25, 0.3) is 0 Å². The SMILES string of the molecule is C1CC2=C(CO1)SC(=C1SC3=C(SCS3)S1)S2. The largest absolute Gasteiger partial charge is 0.376 e. The molecular formula is C10H8OS6. The fraction of sp³-hybridized carbons (Fsp3) is 0.400. The number of ether oxygens (including phenoxy) is 1. The monoisotopic (exact) mass is 336 g/mol. The second-order valence-corrected chi connectivity index (χ2v) is 11.2. The third-order valence-electron chi connectivity index (χ3n) is 2.53. The van der Waals surface area contributed by atoms with Crippen molar-refractivity contribution in [2.75, 3.05) is 18.3 Å². The first-order chi connectivity index (χ1) is 8.40. The average Bonchev–Trinajstić information content (AvgIpc) is 3.01. The van der Waals surface area contributed by atoms with E-state index >= 15 is 0 Å². The van der Waals surface area contributed by atoms with Gasteiger partial charge in [0.25, 0.3) is 0 Å². The van der Waals surface area contributed by atoms with Gasteiger partial charge in [0.1, 0.15) is 0 Å². The molecule has 0 atom stereocenters. The standard InChI is InChI=1S/C10H8OS6/c1-2-11-3-6-5(1)14-9(15-6)10-16-7-8(17-10)13-4-12-7/h1-4H2. The van der Waals surface area contributed by atoms with Crippen LogP contribution in [0.1, 0.15) is 6.42 Å². The summed E-state index contributed by atoms with van der Waals surface area (Å²) >= 11 is 11.9. The molecule has 0 bridgehead atoms. The lowest BCUT2D eigenvalue weighted by atomic mass is 10.3. The summed E-state index contributed by atoms with van der Waals surface area (Å²) < 4.78 is 11.6. The topological polar surface area (TPSA) is 9.23 Å². The Morgan fingerprint density at radius 1 is 0.765 bits per heavy atom. The van der Waals surface area contributed by atoms with Gasteiger partial charge in [-0.1, -0.05) is 47.0 Å². The van der Waals surface area contributed by atoms with Crippen molar-refractivity contribution in [1.29, 1.82) is 0 Å². The molecule has 1 nitrogen and oxygen atoms in total. The smallest absolute Gasteiger partial charge is 0.0787 e. The van der Waals surface area contributed by atoms with E-state index in [9.17, 15) is 0 Å². The van der Waals surface area contributed by atoms with E-state index in [4.69, 9.17) is 4.74 Å². The zero-order valence-corrected chi connectivity index (χ0v) is 13.6. The van der Waals surface area contributed by atoms with E-state index in [1.54, 1.807) is 4.91 Å². The molecule has 0 aromatic rings. The first-order valence-corrected chi connectivity index (χ1v) is 10.4. The zero-order valence-electron chi connectivity index (χ0n) is 8.69. The van der Waals surface area contributed by atoms with Gasteiger partial charge in [-0.3, -0.25) is 0 Å². The number of rotatable bonds is 0. The van der Waals surface area contributed by atoms with Gasteiger partial charge in [0.15, 0.2) is 0 Å². The summed E-state index contributed by atoms with van der Waals surface area (Å²) in [4.78, 5) is 3.01. The molecule has 0 unspecified atom stereocenters. The van der Waals surface area contributed by atoms with E-state index in [1.807, 2.05) is 70.6 Å². The molecule has 4 aliphatic heterocycles. The minimum Gasteiger partial charge on any atom is -0.376 e. The molecule has 90 valence electrons. The molecule has 7 heteroatoms. The van der Waals surface area contributed by atoms with Gasteiger partial charge in [0, 0.05) is 21.3 Å². The highest BCUT2D eigenvalue weighted by Gasteiger charge is 2.33. The van der Waals surface area contributed by atoms with Crippen molar-refractivity contribution < 1.29 is 4.74 Å². The zero-order chi connectivity index (χ0) is 11.2. The Balaban J connectivity index is 1.55. The number of hydrogen-bond donors (Lipinski definition) is 0. The van der Waals surface area contributed by atoms with Crippen LogP contribution >= 0.6 is 70.6 Å². The van der Waals surface area contributed by atoms with E-state index in [2.05, 4.69) is 0 Å². The van der Waals surface area contributed by atoms with Crippen molar-refractivity contribution >= 4 is 70.6 Å². The molecule has 0 spiro atoms. The van der Waals surface area contributed by atoms with Gasteiger partial charge < -0.3 is 4.74 Å².